The Hall–Kier alpha value is -1.78. The summed E-state index contributed by atoms with van der Waals surface area (Å²) in [5.74, 6) is 5.89. The highest BCUT2D eigenvalue weighted by Gasteiger charge is 2.20. The van der Waals surface area contributed by atoms with Crippen molar-refractivity contribution in [2.24, 2.45) is 5.84 Å². The van der Waals surface area contributed by atoms with Gasteiger partial charge in [0.2, 0.25) is 0 Å². The first-order valence-electron chi connectivity index (χ1n) is 6.43. The number of benzene rings is 2. The predicted molar refractivity (Wildman–Crippen MR) is 84.0 cm³/mol. The average molecular weight is 286 g/mol. The Morgan fingerprint density at radius 3 is 2.60 bits per heavy atom. The molecule has 20 heavy (non-hydrogen) atoms. The van der Waals surface area contributed by atoms with Crippen LogP contribution in [-0.4, -0.2) is 5.91 Å². The molecule has 0 fully saturated rings. The van der Waals surface area contributed by atoms with Crippen molar-refractivity contribution in [3.8, 4) is 0 Å². The third-order valence-electron chi connectivity index (χ3n) is 2.98. The number of hydrazine groups is 1. The number of thioether (sulfide) groups is 1. The average Bonchev–Trinajstić information content (AvgIpc) is 2.48. The summed E-state index contributed by atoms with van der Waals surface area (Å²) in [6.07, 6.45) is 0. The highest BCUT2D eigenvalue weighted by atomic mass is 32.2. The van der Waals surface area contributed by atoms with Gasteiger partial charge in [-0.25, -0.2) is 5.84 Å². The molecule has 0 saturated heterocycles. The van der Waals surface area contributed by atoms with Crippen molar-refractivity contribution in [2.75, 3.05) is 0 Å². The lowest BCUT2D eigenvalue weighted by Gasteiger charge is -2.15. The fourth-order valence-electron chi connectivity index (χ4n) is 2.01. The first-order valence-corrected chi connectivity index (χ1v) is 7.48. The van der Waals surface area contributed by atoms with Crippen LogP contribution in [0.4, 0.5) is 0 Å². The lowest BCUT2D eigenvalue weighted by molar-refractivity contribution is -0.120. The number of amides is 1. The van der Waals surface area contributed by atoms with Gasteiger partial charge in [0.1, 0.15) is 5.25 Å². The number of hydrogen-bond donors (Lipinski definition) is 2. The Kier molecular flexibility index (Phi) is 5.21. The standard InChI is InChI=1S/C16H18N2OS/c1-12-6-5-7-13(10-12)11-20-15(16(19)18-17)14-8-3-2-4-9-14/h2-10,15H,11,17H2,1H3,(H,18,19). The predicted octanol–water partition coefficient (Wildman–Crippen LogP) is 2.96. The van der Waals surface area contributed by atoms with E-state index >= 15 is 0 Å². The largest absolute Gasteiger partial charge is 0.293 e. The first kappa shape index (κ1) is 14.6. The summed E-state index contributed by atoms with van der Waals surface area (Å²) >= 11 is 1.58. The molecule has 2 aromatic carbocycles. The number of rotatable bonds is 5. The maximum Gasteiger partial charge on any atom is 0.251 e. The maximum absolute atomic E-state index is 11.9. The van der Waals surface area contributed by atoms with Gasteiger partial charge in [0, 0.05) is 5.75 Å². The van der Waals surface area contributed by atoms with Crippen molar-refractivity contribution in [3.05, 3.63) is 71.3 Å². The molecule has 0 bridgehead atoms. The van der Waals surface area contributed by atoms with Crippen LogP contribution < -0.4 is 11.3 Å². The third-order valence-corrected chi connectivity index (χ3v) is 4.30. The van der Waals surface area contributed by atoms with Crippen LogP contribution >= 0.6 is 11.8 Å². The quantitative estimate of drug-likeness (QED) is 0.505. The molecule has 0 saturated carbocycles. The van der Waals surface area contributed by atoms with E-state index in [0.29, 0.717) is 0 Å². The summed E-state index contributed by atoms with van der Waals surface area (Å²) in [6.45, 7) is 2.06. The smallest absolute Gasteiger partial charge is 0.251 e. The molecule has 1 unspecified atom stereocenters. The second-order valence-corrected chi connectivity index (χ2v) is 5.69. The van der Waals surface area contributed by atoms with Gasteiger partial charge in [-0.2, -0.15) is 0 Å². The Labute approximate surface area is 123 Å². The molecule has 1 amide bonds. The van der Waals surface area contributed by atoms with Crippen LogP contribution in [0.25, 0.3) is 0 Å². The Morgan fingerprint density at radius 2 is 1.95 bits per heavy atom. The van der Waals surface area contributed by atoms with Crippen LogP contribution in [0, 0.1) is 6.92 Å². The molecule has 0 aromatic heterocycles. The molecule has 0 aliphatic carbocycles. The molecular formula is C16H18N2OS. The molecule has 0 aliphatic heterocycles. The summed E-state index contributed by atoms with van der Waals surface area (Å²) < 4.78 is 0. The molecule has 0 radical (unpaired) electrons. The van der Waals surface area contributed by atoms with Crippen LogP contribution in [0.15, 0.2) is 54.6 Å². The zero-order valence-electron chi connectivity index (χ0n) is 11.4. The van der Waals surface area contributed by atoms with Crippen molar-refractivity contribution >= 4 is 17.7 Å². The SMILES string of the molecule is Cc1cccc(CSC(C(=O)NN)c2ccccc2)c1. The van der Waals surface area contributed by atoms with Crippen LogP contribution in [0.2, 0.25) is 0 Å². The zero-order valence-corrected chi connectivity index (χ0v) is 12.2. The van der Waals surface area contributed by atoms with E-state index in [1.165, 1.54) is 11.1 Å². The first-order chi connectivity index (χ1) is 9.70. The van der Waals surface area contributed by atoms with E-state index in [-0.39, 0.29) is 11.2 Å². The van der Waals surface area contributed by atoms with Crippen LogP contribution in [0.1, 0.15) is 21.9 Å². The van der Waals surface area contributed by atoms with Crippen molar-refractivity contribution in [1.82, 2.24) is 5.43 Å². The highest BCUT2D eigenvalue weighted by molar-refractivity contribution is 7.99. The van der Waals surface area contributed by atoms with E-state index in [2.05, 4.69) is 30.5 Å². The van der Waals surface area contributed by atoms with E-state index in [1.807, 2.05) is 36.4 Å². The van der Waals surface area contributed by atoms with E-state index in [1.54, 1.807) is 11.8 Å². The number of hydrogen-bond acceptors (Lipinski definition) is 3. The van der Waals surface area contributed by atoms with Gasteiger partial charge in [-0.05, 0) is 18.1 Å². The second kappa shape index (κ2) is 7.12. The fraction of sp³-hybridized carbons (Fsp3) is 0.188. The zero-order chi connectivity index (χ0) is 14.4. The van der Waals surface area contributed by atoms with Gasteiger partial charge >= 0.3 is 0 Å². The molecule has 3 nitrogen and oxygen atoms in total. The summed E-state index contributed by atoms with van der Waals surface area (Å²) in [5, 5.41) is -0.290. The summed E-state index contributed by atoms with van der Waals surface area (Å²) in [5.41, 5.74) is 5.65. The fourth-order valence-corrected chi connectivity index (χ4v) is 3.12. The van der Waals surface area contributed by atoms with Crippen molar-refractivity contribution in [3.63, 3.8) is 0 Å². The van der Waals surface area contributed by atoms with Crippen LogP contribution in [0.3, 0.4) is 0 Å². The number of carbonyl (C=O) groups excluding carboxylic acids is 1. The van der Waals surface area contributed by atoms with Gasteiger partial charge in [0.25, 0.3) is 5.91 Å². The highest BCUT2D eigenvalue weighted by Crippen LogP contribution is 2.31. The molecule has 104 valence electrons. The third kappa shape index (κ3) is 3.85. The van der Waals surface area contributed by atoms with E-state index in [9.17, 15) is 4.79 Å². The molecule has 2 rings (SSSR count). The lowest BCUT2D eigenvalue weighted by Crippen LogP contribution is -2.33. The molecular weight excluding hydrogens is 268 g/mol. The normalized spacial score (nSPS) is 11.9. The molecule has 3 N–H and O–H groups in total. The molecule has 0 aliphatic rings. The van der Waals surface area contributed by atoms with Crippen molar-refractivity contribution in [2.45, 2.75) is 17.9 Å². The number of carbonyl (C=O) groups is 1. The van der Waals surface area contributed by atoms with Crippen molar-refractivity contribution in [1.29, 1.82) is 0 Å². The topological polar surface area (TPSA) is 55.1 Å². The summed E-state index contributed by atoms with van der Waals surface area (Å²) in [7, 11) is 0. The van der Waals surface area contributed by atoms with E-state index in [4.69, 9.17) is 5.84 Å². The van der Waals surface area contributed by atoms with Gasteiger partial charge in [-0.1, -0.05) is 60.2 Å². The number of aryl methyl sites for hydroxylation is 1. The number of nitrogens with one attached hydrogen (secondary N) is 1. The minimum absolute atomic E-state index is 0.172. The van der Waals surface area contributed by atoms with Gasteiger partial charge in [0.15, 0.2) is 0 Å². The molecule has 0 heterocycles. The molecule has 2 aromatic rings. The maximum atomic E-state index is 11.9. The van der Waals surface area contributed by atoms with Crippen LogP contribution in [0.5, 0.6) is 0 Å². The molecule has 0 spiro atoms. The molecule has 1 atom stereocenters. The van der Waals surface area contributed by atoms with Crippen LogP contribution in [-0.2, 0) is 10.5 Å². The summed E-state index contributed by atoms with van der Waals surface area (Å²) in [6, 6.07) is 18.0. The lowest BCUT2D eigenvalue weighted by atomic mass is 10.1. The minimum Gasteiger partial charge on any atom is -0.293 e. The Balaban J connectivity index is 2.11. The van der Waals surface area contributed by atoms with E-state index < -0.39 is 0 Å². The number of nitrogens with two attached hydrogens (primary N) is 1. The van der Waals surface area contributed by atoms with Gasteiger partial charge in [-0.15, -0.1) is 11.8 Å². The van der Waals surface area contributed by atoms with Gasteiger partial charge in [0.05, 0.1) is 0 Å². The minimum atomic E-state index is -0.290. The second-order valence-electron chi connectivity index (χ2n) is 4.60. The molecule has 4 heteroatoms. The van der Waals surface area contributed by atoms with Gasteiger partial charge < -0.3 is 0 Å². The van der Waals surface area contributed by atoms with E-state index in [0.717, 1.165) is 11.3 Å². The van der Waals surface area contributed by atoms with Crippen molar-refractivity contribution < 1.29 is 4.79 Å². The monoisotopic (exact) mass is 286 g/mol. The Bertz CT molecular complexity index is 572. The van der Waals surface area contributed by atoms with Gasteiger partial charge in [-0.3, -0.25) is 10.2 Å². The summed E-state index contributed by atoms with van der Waals surface area (Å²) in [4.78, 5) is 11.9. The Morgan fingerprint density at radius 1 is 1.20 bits per heavy atom.